The maximum absolute atomic E-state index is 13.3. The Hall–Kier alpha value is -2.45. The Bertz CT molecular complexity index is 867. The quantitative estimate of drug-likeness (QED) is 0.774. The van der Waals surface area contributed by atoms with Gasteiger partial charge in [-0.3, -0.25) is 4.79 Å². The van der Waals surface area contributed by atoms with E-state index in [1.54, 1.807) is 13.8 Å². The molecule has 6 nitrogen and oxygen atoms in total. The van der Waals surface area contributed by atoms with Crippen LogP contribution in [0.2, 0.25) is 0 Å². The van der Waals surface area contributed by atoms with Gasteiger partial charge >= 0.3 is 0 Å². The van der Waals surface area contributed by atoms with Gasteiger partial charge in [-0.05, 0) is 48.4 Å². The molecule has 0 radical (unpaired) electrons. The molecule has 0 spiro atoms. The molecule has 2 rings (SSSR count). The molecule has 26 heavy (non-hydrogen) atoms. The number of hydrogen-bond donors (Lipinski definition) is 2. The zero-order chi connectivity index (χ0) is 19.3. The number of rotatable bonds is 7. The van der Waals surface area contributed by atoms with E-state index >= 15 is 0 Å². The summed E-state index contributed by atoms with van der Waals surface area (Å²) in [6.07, 6.45) is 0. The number of sulfonamides is 1. The van der Waals surface area contributed by atoms with Crippen LogP contribution in [0.4, 0.5) is 10.1 Å². The molecule has 0 heterocycles. The Morgan fingerprint density at radius 3 is 2.31 bits per heavy atom. The summed E-state index contributed by atoms with van der Waals surface area (Å²) in [4.78, 5) is 12.5. The molecule has 2 aromatic rings. The number of carbonyl (C=O) groups excluding carboxylic acids is 1. The smallest absolute Gasteiger partial charge is 0.242 e. The van der Waals surface area contributed by atoms with Crippen LogP contribution in [0.1, 0.15) is 13.8 Å². The summed E-state index contributed by atoms with van der Waals surface area (Å²) in [6, 6.07) is 10.2. The van der Waals surface area contributed by atoms with Crippen molar-refractivity contribution in [1.29, 1.82) is 0 Å². The molecule has 0 aliphatic rings. The molecule has 1 amide bonds. The minimum Gasteiger partial charge on any atom is -0.497 e. The molecular weight excluding hydrogens is 359 g/mol. The minimum atomic E-state index is -3.92. The highest BCUT2D eigenvalue weighted by Gasteiger charge is 2.28. The number of ether oxygens (including phenoxy) is 1. The Morgan fingerprint density at radius 2 is 1.77 bits per heavy atom. The number of hydrogen-bond acceptors (Lipinski definition) is 4. The average Bonchev–Trinajstić information content (AvgIpc) is 2.59. The fourth-order valence-electron chi connectivity index (χ4n) is 2.27. The number of nitrogens with one attached hydrogen (secondary N) is 2. The second kappa shape index (κ2) is 8.29. The van der Waals surface area contributed by atoms with Crippen molar-refractivity contribution in [2.24, 2.45) is 5.92 Å². The van der Waals surface area contributed by atoms with E-state index in [9.17, 15) is 17.6 Å². The van der Waals surface area contributed by atoms with E-state index < -0.39 is 27.8 Å². The van der Waals surface area contributed by atoms with Gasteiger partial charge < -0.3 is 10.1 Å². The maximum atomic E-state index is 13.3. The summed E-state index contributed by atoms with van der Waals surface area (Å²) in [5.74, 6) is -0.866. The predicted octanol–water partition coefficient (Wildman–Crippen LogP) is 2.78. The average molecular weight is 380 g/mol. The normalized spacial score (nSPS) is 12.7. The number of halogens is 1. The summed E-state index contributed by atoms with van der Waals surface area (Å²) < 4.78 is 45.8. The molecular formula is C18H21FN2O4S. The highest BCUT2D eigenvalue weighted by atomic mass is 32.2. The summed E-state index contributed by atoms with van der Waals surface area (Å²) >= 11 is 0. The van der Waals surface area contributed by atoms with E-state index in [2.05, 4.69) is 10.0 Å². The van der Waals surface area contributed by atoms with Crippen LogP contribution in [0, 0.1) is 11.7 Å². The van der Waals surface area contributed by atoms with Crippen molar-refractivity contribution in [3.63, 3.8) is 0 Å². The number of methoxy groups -OCH3 is 1. The van der Waals surface area contributed by atoms with Gasteiger partial charge in [0.15, 0.2) is 0 Å². The van der Waals surface area contributed by atoms with E-state index in [4.69, 9.17) is 4.74 Å². The first-order valence-electron chi connectivity index (χ1n) is 7.96. The van der Waals surface area contributed by atoms with E-state index in [1.165, 1.54) is 49.6 Å². The monoisotopic (exact) mass is 380 g/mol. The third-order valence-electron chi connectivity index (χ3n) is 3.69. The fourth-order valence-corrected chi connectivity index (χ4v) is 3.61. The first-order valence-corrected chi connectivity index (χ1v) is 9.44. The van der Waals surface area contributed by atoms with E-state index in [0.29, 0.717) is 5.75 Å². The van der Waals surface area contributed by atoms with Crippen molar-refractivity contribution in [1.82, 2.24) is 4.72 Å². The highest BCUT2D eigenvalue weighted by molar-refractivity contribution is 7.89. The lowest BCUT2D eigenvalue weighted by Crippen LogP contribution is -2.47. The molecule has 0 saturated heterocycles. The lowest BCUT2D eigenvalue weighted by atomic mass is 10.0. The van der Waals surface area contributed by atoms with E-state index in [1.807, 2.05) is 0 Å². The molecule has 2 N–H and O–H groups in total. The number of benzene rings is 2. The first kappa shape index (κ1) is 19.9. The van der Waals surface area contributed by atoms with Gasteiger partial charge in [0, 0.05) is 5.69 Å². The largest absolute Gasteiger partial charge is 0.497 e. The predicted molar refractivity (Wildman–Crippen MR) is 97.0 cm³/mol. The van der Waals surface area contributed by atoms with Gasteiger partial charge in [0.1, 0.15) is 17.6 Å². The molecule has 0 unspecified atom stereocenters. The molecule has 8 heteroatoms. The SMILES string of the molecule is COc1ccc(S(=O)(=O)N[C@H](C(=O)Nc2cccc(F)c2)C(C)C)cc1. The molecule has 2 aromatic carbocycles. The molecule has 1 atom stereocenters. The minimum absolute atomic E-state index is 0.0162. The highest BCUT2D eigenvalue weighted by Crippen LogP contribution is 2.18. The Balaban J connectivity index is 2.19. The number of carbonyl (C=O) groups is 1. The van der Waals surface area contributed by atoms with Crippen molar-refractivity contribution >= 4 is 21.6 Å². The molecule has 0 aliphatic carbocycles. The van der Waals surface area contributed by atoms with Gasteiger partial charge in [-0.25, -0.2) is 12.8 Å². The lowest BCUT2D eigenvalue weighted by Gasteiger charge is -2.21. The lowest BCUT2D eigenvalue weighted by molar-refractivity contribution is -0.118. The summed E-state index contributed by atoms with van der Waals surface area (Å²) in [5.41, 5.74) is 0.254. The first-order chi connectivity index (χ1) is 12.2. The number of anilines is 1. The van der Waals surface area contributed by atoms with Crippen LogP contribution in [-0.2, 0) is 14.8 Å². The molecule has 0 fully saturated rings. The molecule has 140 valence electrons. The Morgan fingerprint density at radius 1 is 1.12 bits per heavy atom. The van der Waals surface area contributed by atoms with Gasteiger partial charge in [0.2, 0.25) is 15.9 Å². The van der Waals surface area contributed by atoms with Gasteiger partial charge in [-0.1, -0.05) is 19.9 Å². The second-order valence-electron chi connectivity index (χ2n) is 6.02. The molecule has 0 saturated carbocycles. The van der Waals surface area contributed by atoms with Crippen LogP contribution in [-0.4, -0.2) is 27.5 Å². The van der Waals surface area contributed by atoms with Crippen LogP contribution >= 0.6 is 0 Å². The summed E-state index contributed by atoms with van der Waals surface area (Å²) in [7, 11) is -2.44. The second-order valence-corrected chi connectivity index (χ2v) is 7.73. The van der Waals surface area contributed by atoms with Crippen molar-refractivity contribution in [2.75, 3.05) is 12.4 Å². The summed E-state index contributed by atoms with van der Waals surface area (Å²) in [5, 5.41) is 2.53. The van der Waals surface area contributed by atoms with E-state index in [-0.39, 0.29) is 16.5 Å². The van der Waals surface area contributed by atoms with Crippen LogP contribution in [0.5, 0.6) is 5.75 Å². The van der Waals surface area contributed by atoms with Crippen LogP contribution in [0.3, 0.4) is 0 Å². The molecule has 0 aromatic heterocycles. The van der Waals surface area contributed by atoms with Crippen molar-refractivity contribution in [3.8, 4) is 5.75 Å². The number of amides is 1. The van der Waals surface area contributed by atoms with Crippen molar-refractivity contribution in [2.45, 2.75) is 24.8 Å². The topological polar surface area (TPSA) is 84.5 Å². The van der Waals surface area contributed by atoms with Crippen LogP contribution < -0.4 is 14.8 Å². The van der Waals surface area contributed by atoms with Crippen LogP contribution in [0.25, 0.3) is 0 Å². The van der Waals surface area contributed by atoms with E-state index in [0.717, 1.165) is 6.07 Å². The van der Waals surface area contributed by atoms with Crippen molar-refractivity contribution in [3.05, 3.63) is 54.3 Å². The maximum Gasteiger partial charge on any atom is 0.242 e. The summed E-state index contributed by atoms with van der Waals surface area (Å²) in [6.45, 7) is 3.43. The zero-order valence-corrected chi connectivity index (χ0v) is 15.5. The standard InChI is InChI=1S/C18H21FN2O4S/c1-12(2)17(18(22)20-14-6-4-5-13(19)11-14)21-26(23,24)16-9-7-15(25-3)8-10-16/h4-12,17,21H,1-3H3,(H,20,22)/t17-/m0/s1. The molecule has 0 bridgehead atoms. The van der Waals surface area contributed by atoms with Gasteiger partial charge in [0.25, 0.3) is 0 Å². The van der Waals surface area contributed by atoms with Crippen LogP contribution in [0.15, 0.2) is 53.4 Å². The van der Waals surface area contributed by atoms with Crippen molar-refractivity contribution < 1.29 is 22.3 Å². The van der Waals surface area contributed by atoms with Gasteiger partial charge in [-0.2, -0.15) is 4.72 Å². The third-order valence-corrected chi connectivity index (χ3v) is 5.15. The molecule has 0 aliphatic heterocycles. The Labute approximate surface area is 152 Å². The Kier molecular flexibility index (Phi) is 6.33. The van der Waals surface area contributed by atoms with Gasteiger partial charge in [-0.15, -0.1) is 0 Å². The van der Waals surface area contributed by atoms with Gasteiger partial charge in [0.05, 0.1) is 12.0 Å². The fraction of sp³-hybridized carbons (Fsp3) is 0.278. The third kappa shape index (κ3) is 5.03. The zero-order valence-electron chi connectivity index (χ0n) is 14.7.